The molecule has 0 saturated heterocycles. The fourth-order valence-corrected chi connectivity index (χ4v) is 2.83. The highest BCUT2D eigenvalue weighted by Gasteiger charge is 2.14. The first-order valence-corrected chi connectivity index (χ1v) is 9.23. The Balaban J connectivity index is 1.82. The number of nitrogens with zero attached hydrogens (tertiary/aromatic N) is 1. The van der Waals surface area contributed by atoms with E-state index in [2.05, 4.69) is 36.5 Å². The molecule has 0 unspecified atom stereocenters. The van der Waals surface area contributed by atoms with Crippen molar-refractivity contribution >= 4 is 17.5 Å². The fraction of sp³-hybridized carbons (Fsp3) is 0.364. The van der Waals surface area contributed by atoms with Gasteiger partial charge in [-0.2, -0.15) is 0 Å². The number of hydrogen-bond acceptors (Lipinski definition) is 2. The number of likely N-dealkylation sites (N-methyl/N-ethyl adjacent to an activating group) is 1. The lowest BCUT2D eigenvalue weighted by Gasteiger charge is -2.17. The zero-order valence-electron chi connectivity index (χ0n) is 15.9. The van der Waals surface area contributed by atoms with Crippen LogP contribution in [0, 0.1) is 0 Å². The summed E-state index contributed by atoms with van der Waals surface area (Å²) >= 11 is 0. The Hall–Kier alpha value is -2.62. The van der Waals surface area contributed by atoms with E-state index in [1.165, 1.54) is 10.5 Å². The van der Waals surface area contributed by atoms with Crippen LogP contribution in [0.1, 0.15) is 37.0 Å². The van der Waals surface area contributed by atoms with Crippen molar-refractivity contribution in [2.75, 3.05) is 18.9 Å². The van der Waals surface area contributed by atoms with Crippen molar-refractivity contribution in [1.29, 1.82) is 0 Å². The van der Waals surface area contributed by atoms with Gasteiger partial charge in [0.05, 0.1) is 6.54 Å². The molecular weight excluding hydrogens is 324 g/mol. The van der Waals surface area contributed by atoms with Gasteiger partial charge in [-0.1, -0.05) is 56.3 Å². The summed E-state index contributed by atoms with van der Waals surface area (Å²) in [6.07, 6.45) is 2.95. The van der Waals surface area contributed by atoms with Crippen LogP contribution in [0.25, 0.3) is 0 Å². The van der Waals surface area contributed by atoms with Gasteiger partial charge >= 0.3 is 0 Å². The highest BCUT2D eigenvalue weighted by Crippen LogP contribution is 2.15. The number of rotatable bonds is 8. The number of nitrogens with one attached hydrogen (secondary N) is 1. The smallest absolute Gasteiger partial charge is 0.243 e. The van der Waals surface area contributed by atoms with Crippen molar-refractivity contribution in [3.05, 3.63) is 65.2 Å². The summed E-state index contributed by atoms with van der Waals surface area (Å²) in [5, 5.41) is 2.90. The van der Waals surface area contributed by atoms with Crippen LogP contribution in [-0.4, -0.2) is 30.3 Å². The topological polar surface area (TPSA) is 49.4 Å². The molecule has 0 aromatic heterocycles. The maximum atomic E-state index is 12.3. The summed E-state index contributed by atoms with van der Waals surface area (Å²) in [5.41, 5.74) is 4.34. The van der Waals surface area contributed by atoms with Crippen LogP contribution in [0.15, 0.2) is 48.5 Å². The van der Waals surface area contributed by atoms with E-state index < -0.39 is 0 Å². The molecule has 26 heavy (non-hydrogen) atoms. The molecule has 2 rings (SSSR count). The summed E-state index contributed by atoms with van der Waals surface area (Å²) < 4.78 is 0. The van der Waals surface area contributed by atoms with Crippen molar-refractivity contribution < 1.29 is 9.59 Å². The molecule has 4 nitrogen and oxygen atoms in total. The molecule has 0 aliphatic heterocycles. The largest absolute Gasteiger partial charge is 0.336 e. The Labute approximate surface area is 156 Å². The predicted molar refractivity (Wildman–Crippen MR) is 106 cm³/mol. The van der Waals surface area contributed by atoms with E-state index in [1.54, 1.807) is 7.05 Å². The molecule has 1 N–H and O–H groups in total. The molecule has 0 atom stereocenters. The van der Waals surface area contributed by atoms with Crippen LogP contribution >= 0.6 is 0 Å². The second kappa shape index (κ2) is 9.76. The quantitative estimate of drug-likeness (QED) is 0.785. The zero-order valence-corrected chi connectivity index (χ0v) is 15.9. The Bertz CT molecular complexity index is 738. The van der Waals surface area contributed by atoms with Crippen molar-refractivity contribution in [1.82, 2.24) is 4.90 Å². The molecule has 0 bridgehead atoms. The standard InChI is InChI=1S/C22H28N2O2/c1-4-17-10-12-18(13-11-17)14-15-22(26)24(3)16-21(25)23-20-9-7-6-8-19(20)5-2/h6-13H,4-5,14-16H2,1-3H3,(H,23,25). The molecule has 0 aliphatic carbocycles. The minimum absolute atomic E-state index is 0.0245. The van der Waals surface area contributed by atoms with E-state index in [1.807, 2.05) is 31.2 Å². The van der Waals surface area contributed by atoms with Gasteiger partial charge in [0.1, 0.15) is 0 Å². The third kappa shape index (κ3) is 5.73. The second-order valence-electron chi connectivity index (χ2n) is 6.48. The summed E-state index contributed by atoms with van der Waals surface area (Å²) in [6, 6.07) is 16.1. The van der Waals surface area contributed by atoms with Crippen LogP contribution in [-0.2, 0) is 28.9 Å². The minimum atomic E-state index is -0.172. The van der Waals surface area contributed by atoms with Crippen LogP contribution in [0.3, 0.4) is 0 Å². The van der Waals surface area contributed by atoms with Gasteiger partial charge in [0.15, 0.2) is 0 Å². The molecule has 138 valence electrons. The maximum Gasteiger partial charge on any atom is 0.243 e. The number of carbonyl (C=O) groups excluding carboxylic acids is 2. The minimum Gasteiger partial charge on any atom is -0.336 e. The molecule has 0 radical (unpaired) electrons. The average Bonchev–Trinajstić information content (AvgIpc) is 2.66. The van der Waals surface area contributed by atoms with Gasteiger partial charge < -0.3 is 10.2 Å². The Morgan fingerprint density at radius 3 is 2.23 bits per heavy atom. The van der Waals surface area contributed by atoms with E-state index in [-0.39, 0.29) is 18.4 Å². The first kappa shape index (κ1) is 19.7. The lowest BCUT2D eigenvalue weighted by atomic mass is 10.1. The highest BCUT2D eigenvalue weighted by molar-refractivity contribution is 5.95. The number of hydrogen-bond donors (Lipinski definition) is 1. The van der Waals surface area contributed by atoms with Crippen molar-refractivity contribution in [3.8, 4) is 0 Å². The first-order chi connectivity index (χ1) is 12.5. The van der Waals surface area contributed by atoms with Crippen LogP contribution in [0.2, 0.25) is 0 Å². The van der Waals surface area contributed by atoms with Crippen LogP contribution in [0.4, 0.5) is 5.69 Å². The monoisotopic (exact) mass is 352 g/mol. The molecule has 0 fully saturated rings. The molecular formula is C22H28N2O2. The van der Waals surface area contributed by atoms with Gasteiger partial charge in [-0.15, -0.1) is 0 Å². The van der Waals surface area contributed by atoms with E-state index in [0.717, 1.165) is 29.7 Å². The highest BCUT2D eigenvalue weighted by atomic mass is 16.2. The lowest BCUT2D eigenvalue weighted by Crippen LogP contribution is -2.35. The predicted octanol–water partition coefficient (Wildman–Crippen LogP) is 3.84. The molecule has 2 amide bonds. The summed E-state index contributed by atoms with van der Waals surface area (Å²) in [5.74, 6) is -0.197. The summed E-state index contributed by atoms with van der Waals surface area (Å²) in [4.78, 5) is 26.0. The summed E-state index contributed by atoms with van der Waals surface area (Å²) in [6.45, 7) is 4.23. The summed E-state index contributed by atoms with van der Waals surface area (Å²) in [7, 11) is 1.67. The number of carbonyl (C=O) groups is 2. The molecule has 0 spiro atoms. The van der Waals surface area contributed by atoms with Crippen molar-refractivity contribution in [2.24, 2.45) is 0 Å². The van der Waals surface area contributed by atoms with Gasteiger partial charge in [-0.25, -0.2) is 0 Å². The maximum absolute atomic E-state index is 12.3. The van der Waals surface area contributed by atoms with Gasteiger partial charge in [-0.3, -0.25) is 9.59 Å². The Kier molecular flexibility index (Phi) is 7.39. The number of benzene rings is 2. The fourth-order valence-electron chi connectivity index (χ4n) is 2.83. The molecule has 0 saturated carbocycles. The molecule has 2 aromatic carbocycles. The number of amides is 2. The third-order valence-corrected chi connectivity index (χ3v) is 4.54. The Morgan fingerprint density at radius 1 is 0.923 bits per heavy atom. The SMILES string of the molecule is CCc1ccc(CCC(=O)N(C)CC(=O)Nc2ccccc2CC)cc1. The lowest BCUT2D eigenvalue weighted by molar-refractivity contribution is -0.133. The van der Waals surface area contributed by atoms with E-state index in [9.17, 15) is 9.59 Å². The molecule has 2 aromatic rings. The van der Waals surface area contributed by atoms with Crippen molar-refractivity contribution in [3.63, 3.8) is 0 Å². The first-order valence-electron chi connectivity index (χ1n) is 9.23. The third-order valence-electron chi connectivity index (χ3n) is 4.54. The second-order valence-corrected chi connectivity index (χ2v) is 6.48. The van der Waals surface area contributed by atoms with Crippen molar-refractivity contribution in [2.45, 2.75) is 39.5 Å². The number of aryl methyl sites for hydroxylation is 3. The van der Waals surface area contributed by atoms with E-state index in [4.69, 9.17) is 0 Å². The van der Waals surface area contributed by atoms with Gasteiger partial charge in [0.25, 0.3) is 0 Å². The zero-order chi connectivity index (χ0) is 18.9. The van der Waals surface area contributed by atoms with Crippen LogP contribution in [0.5, 0.6) is 0 Å². The van der Waals surface area contributed by atoms with E-state index >= 15 is 0 Å². The molecule has 0 heterocycles. The Morgan fingerprint density at radius 2 is 1.58 bits per heavy atom. The van der Waals surface area contributed by atoms with Gasteiger partial charge in [0, 0.05) is 19.2 Å². The van der Waals surface area contributed by atoms with E-state index in [0.29, 0.717) is 12.8 Å². The molecule has 4 heteroatoms. The number of anilines is 1. The normalized spacial score (nSPS) is 10.4. The molecule has 0 aliphatic rings. The average molecular weight is 352 g/mol. The van der Waals surface area contributed by atoms with Gasteiger partial charge in [0.2, 0.25) is 11.8 Å². The number of para-hydroxylation sites is 1. The van der Waals surface area contributed by atoms with Gasteiger partial charge in [-0.05, 0) is 42.0 Å². The van der Waals surface area contributed by atoms with Crippen LogP contribution < -0.4 is 5.32 Å².